The van der Waals surface area contributed by atoms with Gasteiger partial charge in [0.25, 0.3) is 0 Å². The van der Waals surface area contributed by atoms with Gasteiger partial charge in [-0.2, -0.15) is 0 Å². The minimum absolute atomic E-state index is 0.205. The Bertz CT molecular complexity index is 533. The molecule has 3 heteroatoms. The van der Waals surface area contributed by atoms with Crippen LogP contribution in [-0.2, 0) is 17.8 Å². The highest BCUT2D eigenvalue weighted by Gasteiger charge is 2.10. The molecule has 2 rings (SSSR count). The number of aryl methyl sites for hydroxylation is 2. The van der Waals surface area contributed by atoms with Crippen molar-refractivity contribution in [3.05, 3.63) is 57.8 Å². The third kappa shape index (κ3) is 3.93. The smallest absolute Gasteiger partial charge is 0.222 e. The van der Waals surface area contributed by atoms with Crippen LogP contribution in [0.25, 0.3) is 0 Å². The van der Waals surface area contributed by atoms with Gasteiger partial charge in [-0.15, -0.1) is 11.3 Å². The molecule has 2 nitrogen and oxygen atoms in total. The second-order valence-electron chi connectivity index (χ2n) is 4.76. The van der Waals surface area contributed by atoms with E-state index in [1.807, 2.05) is 30.1 Å². The molecule has 0 radical (unpaired) electrons. The first kappa shape index (κ1) is 13.8. The molecule has 0 aliphatic carbocycles. The molecular weight excluding hydrogens is 254 g/mol. The Labute approximate surface area is 118 Å². The molecule has 0 spiro atoms. The monoisotopic (exact) mass is 273 g/mol. The summed E-state index contributed by atoms with van der Waals surface area (Å²) in [5.41, 5.74) is 2.45. The van der Waals surface area contributed by atoms with Crippen LogP contribution in [0.2, 0.25) is 0 Å². The lowest BCUT2D eigenvalue weighted by Gasteiger charge is -2.18. The summed E-state index contributed by atoms with van der Waals surface area (Å²) >= 11 is 1.71. The van der Waals surface area contributed by atoms with Crippen LogP contribution in [-0.4, -0.2) is 17.9 Å². The zero-order valence-corrected chi connectivity index (χ0v) is 12.2. The van der Waals surface area contributed by atoms with Crippen molar-refractivity contribution >= 4 is 17.2 Å². The molecule has 0 N–H and O–H groups in total. The van der Waals surface area contributed by atoms with Crippen LogP contribution < -0.4 is 0 Å². The van der Waals surface area contributed by atoms with E-state index in [1.165, 1.54) is 16.0 Å². The van der Waals surface area contributed by atoms with E-state index in [9.17, 15) is 4.79 Å². The van der Waals surface area contributed by atoms with E-state index >= 15 is 0 Å². The minimum atomic E-state index is 0.205. The Balaban J connectivity index is 1.87. The Kier molecular flexibility index (Phi) is 4.74. The number of nitrogens with zero attached hydrogens (tertiary/aromatic N) is 1. The summed E-state index contributed by atoms with van der Waals surface area (Å²) in [4.78, 5) is 15.2. The fraction of sp³-hybridized carbons (Fsp3) is 0.312. The van der Waals surface area contributed by atoms with Crippen molar-refractivity contribution < 1.29 is 4.79 Å². The second-order valence-corrected chi connectivity index (χ2v) is 5.79. The molecule has 0 atom stereocenters. The maximum Gasteiger partial charge on any atom is 0.222 e. The molecule has 19 heavy (non-hydrogen) atoms. The molecule has 0 bridgehead atoms. The van der Waals surface area contributed by atoms with Gasteiger partial charge in [0.2, 0.25) is 5.91 Å². The quantitative estimate of drug-likeness (QED) is 0.814. The molecule has 1 aromatic heterocycles. The van der Waals surface area contributed by atoms with Crippen LogP contribution in [0.4, 0.5) is 0 Å². The molecule has 0 unspecified atom stereocenters. The molecule has 0 saturated carbocycles. The average molecular weight is 273 g/mol. The topological polar surface area (TPSA) is 20.3 Å². The number of hydrogen-bond donors (Lipinski definition) is 0. The van der Waals surface area contributed by atoms with Gasteiger partial charge in [0.15, 0.2) is 0 Å². The number of rotatable bonds is 5. The lowest BCUT2D eigenvalue weighted by molar-refractivity contribution is -0.130. The molecule has 0 fully saturated rings. The molecule has 0 aliphatic heterocycles. The van der Waals surface area contributed by atoms with Crippen LogP contribution in [0.1, 0.15) is 22.4 Å². The number of amides is 1. The lowest BCUT2D eigenvalue weighted by atomic mass is 10.1. The van der Waals surface area contributed by atoms with E-state index in [4.69, 9.17) is 0 Å². The summed E-state index contributed by atoms with van der Waals surface area (Å²) < 4.78 is 0. The number of benzene rings is 1. The van der Waals surface area contributed by atoms with Gasteiger partial charge in [-0.3, -0.25) is 4.79 Å². The van der Waals surface area contributed by atoms with Crippen LogP contribution in [0, 0.1) is 6.92 Å². The minimum Gasteiger partial charge on any atom is -0.341 e. The molecular formula is C16H19NOS. The molecule has 2 aromatic rings. The summed E-state index contributed by atoms with van der Waals surface area (Å²) in [6.07, 6.45) is 1.43. The first-order chi connectivity index (χ1) is 9.16. The maximum atomic E-state index is 12.1. The van der Waals surface area contributed by atoms with Gasteiger partial charge < -0.3 is 4.90 Å². The van der Waals surface area contributed by atoms with Crippen molar-refractivity contribution in [3.63, 3.8) is 0 Å². The Hall–Kier alpha value is -1.61. The fourth-order valence-corrected chi connectivity index (χ4v) is 2.72. The summed E-state index contributed by atoms with van der Waals surface area (Å²) in [6.45, 7) is 2.77. The normalized spacial score (nSPS) is 10.4. The lowest BCUT2D eigenvalue weighted by Crippen LogP contribution is -2.26. The number of carbonyl (C=O) groups excluding carboxylic acids is 1. The van der Waals surface area contributed by atoms with Crippen molar-refractivity contribution in [1.82, 2.24) is 4.90 Å². The predicted molar refractivity (Wildman–Crippen MR) is 80.3 cm³/mol. The van der Waals surface area contributed by atoms with Crippen molar-refractivity contribution in [2.75, 3.05) is 7.05 Å². The highest BCUT2D eigenvalue weighted by Crippen LogP contribution is 2.13. The van der Waals surface area contributed by atoms with Gasteiger partial charge in [0.05, 0.1) is 0 Å². The zero-order valence-electron chi connectivity index (χ0n) is 11.4. The highest BCUT2D eigenvalue weighted by atomic mass is 32.1. The fourth-order valence-electron chi connectivity index (χ4n) is 2.01. The van der Waals surface area contributed by atoms with Crippen LogP contribution in [0.3, 0.4) is 0 Å². The summed E-state index contributed by atoms with van der Waals surface area (Å²) in [5, 5.41) is 2.05. The predicted octanol–water partition coefficient (Wildman–Crippen LogP) is 3.65. The van der Waals surface area contributed by atoms with Crippen LogP contribution in [0.5, 0.6) is 0 Å². The Morgan fingerprint density at radius 2 is 2.00 bits per heavy atom. The van der Waals surface area contributed by atoms with Crippen molar-refractivity contribution in [1.29, 1.82) is 0 Å². The van der Waals surface area contributed by atoms with E-state index in [0.29, 0.717) is 13.0 Å². The number of hydrogen-bond acceptors (Lipinski definition) is 2. The van der Waals surface area contributed by atoms with Crippen LogP contribution in [0.15, 0.2) is 41.8 Å². The van der Waals surface area contributed by atoms with Crippen molar-refractivity contribution in [3.8, 4) is 0 Å². The summed E-state index contributed by atoms with van der Waals surface area (Å²) in [7, 11) is 1.88. The van der Waals surface area contributed by atoms with E-state index in [0.717, 1.165) is 6.42 Å². The van der Waals surface area contributed by atoms with Crippen LogP contribution >= 0.6 is 11.3 Å². The maximum absolute atomic E-state index is 12.1. The molecule has 1 aromatic carbocycles. The van der Waals surface area contributed by atoms with Gasteiger partial charge in [0, 0.05) is 24.9 Å². The molecule has 0 aliphatic rings. The molecule has 1 heterocycles. The zero-order chi connectivity index (χ0) is 13.7. The van der Waals surface area contributed by atoms with E-state index < -0.39 is 0 Å². The van der Waals surface area contributed by atoms with E-state index in [1.54, 1.807) is 11.3 Å². The van der Waals surface area contributed by atoms with Crippen molar-refractivity contribution in [2.24, 2.45) is 0 Å². The first-order valence-corrected chi connectivity index (χ1v) is 7.35. The first-order valence-electron chi connectivity index (χ1n) is 6.47. The standard InChI is InChI=1S/C16H19NOS/c1-13-6-3-4-7-14(13)12-17(2)16(18)10-9-15-8-5-11-19-15/h3-8,11H,9-10,12H2,1-2H3. The third-order valence-electron chi connectivity index (χ3n) is 3.26. The van der Waals surface area contributed by atoms with E-state index in [-0.39, 0.29) is 5.91 Å². The van der Waals surface area contributed by atoms with Gasteiger partial charge in [-0.1, -0.05) is 30.3 Å². The Morgan fingerprint density at radius 1 is 1.21 bits per heavy atom. The van der Waals surface area contributed by atoms with Gasteiger partial charge in [0.1, 0.15) is 0 Å². The second kappa shape index (κ2) is 6.53. The van der Waals surface area contributed by atoms with Gasteiger partial charge in [-0.25, -0.2) is 0 Å². The summed E-state index contributed by atoms with van der Waals surface area (Å²) in [5.74, 6) is 0.205. The largest absolute Gasteiger partial charge is 0.341 e. The summed E-state index contributed by atoms with van der Waals surface area (Å²) in [6, 6.07) is 12.3. The van der Waals surface area contributed by atoms with Crippen molar-refractivity contribution in [2.45, 2.75) is 26.3 Å². The van der Waals surface area contributed by atoms with E-state index in [2.05, 4.69) is 30.5 Å². The Morgan fingerprint density at radius 3 is 2.68 bits per heavy atom. The number of carbonyl (C=O) groups is 1. The molecule has 100 valence electrons. The van der Waals surface area contributed by atoms with Gasteiger partial charge >= 0.3 is 0 Å². The SMILES string of the molecule is Cc1ccccc1CN(C)C(=O)CCc1cccs1. The average Bonchev–Trinajstić information content (AvgIpc) is 2.91. The third-order valence-corrected chi connectivity index (χ3v) is 4.20. The highest BCUT2D eigenvalue weighted by molar-refractivity contribution is 7.09. The number of thiophene rings is 1. The molecule has 1 amide bonds. The molecule has 0 saturated heterocycles. The van der Waals surface area contributed by atoms with Gasteiger partial charge in [-0.05, 0) is 35.9 Å².